The molecule has 0 aromatic heterocycles. The lowest BCUT2D eigenvalue weighted by Gasteiger charge is -2.09. The van der Waals surface area contributed by atoms with Crippen molar-refractivity contribution >= 4 is 20.0 Å². The fourth-order valence-electron chi connectivity index (χ4n) is 1.37. The van der Waals surface area contributed by atoms with Crippen LogP contribution in [0.2, 0.25) is 0 Å². The molecule has 102 valence electrons. The lowest BCUT2D eigenvalue weighted by Crippen LogP contribution is -2.27. The Morgan fingerprint density at radius 2 is 1.67 bits per heavy atom. The number of rotatable bonds is 6. The minimum atomic E-state index is -4.07. The molecule has 0 bridgehead atoms. The summed E-state index contributed by atoms with van der Waals surface area (Å²) in [6.45, 7) is 2.18. The molecule has 0 saturated heterocycles. The largest absolute Gasteiger partial charge is 0.241 e. The molecule has 0 radical (unpaired) electrons. The fourth-order valence-corrected chi connectivity index (χ4v) is 3.82. The van der Waals surface area contributed by atoms with Crippen molar-refractivity contribution in [2.45, 2.75) is 29.6 Å². The Labute approximate surface area is 107 Å². The van der Waals surface area contributed by atoms with E-state index < -0.39 is 24.9 Å². The molecule has 0 spiro atoms. The van der Waals surface area contributed by atoms with Crippen molar-refractivity contribution in [2.24, 2.45) is 5.14 Å². The van der Waals surface area contributed by atoms with E-state index in [9.17, 15) is 16.8 Å². The first-order valence-electron chi connectivity index (χ1n) is 5.40. The predicted molar refractivity (Wildman–Crippen MR) is 67.9 cm³/mol. The molecule has 3 N–H and O–H groups in total. The van der Waals surface area contributed by atoms with Crippen LogP contribution >= 0.6 is 0 Å². The van der Waals surface area contributed by atoms with Crippen molar-refractivity contribution in [1.82, 2.24) is 4.72 Å². The lowest BCUT2D eigenvalue weighted by atomic mass is 10.3. The highest BCUT2D eigenvalue weighted by molar-refractivity contribution is 7.92. The zero-order valence-corrected chi connectivity index (χ0v) is 11.6. The van der Waals surface area contributed by atoms with Crippen molar-refractivity contribution in [3.05, 3.63) is 24.3 Å². The van der Waals surface area contributed by atoms with Gasteiger partial charge in [0.15, 0.2) is 0 Å². The molecule has 0 unspecified atom stereocenters. The van der Waals surface area contributed by atoms with Gasteiger partial charge in [-0.15, -0.1) is 0 Å². The summed E-state index contributed by atoms with van der Waals surface area (Å²) in [5.74, 6) is 0. The van der Waals surface area contributed by atoms with E-state index in [1.54, 1.807) is 0 Å². The van der Waals surface area contributed by atoms with Crippen LogP contribution in [0.15, 0.2) is 34.1 Å². The van der Waals surface area contributed by atoms with Crippen LogP contribution in [0.3, 0.4) is 0 Å². The van der Waals surface area contributed by atoms with E-state index in [-0.39, 0.29) is 11.4 Å². The SMILES string of the molecule is CCCCNS(=O)(=O)c1ccccc1S(N)(=O)=O. The van der Waals surface area contributed by atoms with Crippen LogP contribution in [0.4, 0.5) is 0 Å². The van der Waals surface area contributed by atoms with Crippen molar-refractivity contribution in [3.63, 3.8) is 0 Å². The van der Waals surface area contributed by atoms with E-state index in [4.69, 9.17) is 5.14 Å². The van der Waals surface area contributed by atoms with Gasteiger partial charge in [0.05, 0.1) is 0 Å². The minimum Gasteiger partial charge on any atom is -0.225 e. The number of nitrogens with one attached hydrogen (secondary N) is 1. The fraction of sp³-hybridized carbons (Fsp3) is 0.400. The van der Waals surface area contributed by atoms with Crippen LogP contribution in [-0.2, 0) is 20.0 Å². The topological polar surface area (TPSA) is 106 Å². The van der Waals surface area contributed by atoms with E-state index >= 15 is 0 Å². The van der Waals surface area contributed by atoms with Gasteiger partial charge in [-0.1, -0.05) is 25.5 Å². The molecule has 0 aliphatic carbocycles. The highest BCUT2D eigenvalue weighted by Crippen LogP contribution is 2.18. The number of nitrogens with two attached hydrogens (primary N) is 1. The Morgan fingerprint density at radius 3 is 2.17 bits per heavy atom. The van der Waals surface area contributed by atoms with Crippen LogP contribution in [0.5, 0.6) is 0 Å². The van der Waals surface area contributed by atoms with Gasteiger partial charge in [-0.25, -0.2) is 26.7 Å². The summed E-state index contributed by atoms with van der Waals surface area (Å²) in [6.07, 6.45) is 1.51. The van der Waals surface area contributed by atoms with Gasteiger partial charge in [0, 0.05) is 6.54 Å². The average molecular weight is 292 g/mol. The van der Waals surface area contributed by atoms with Crippen LogP contribution in [0, 0.1) is 0 Å². The summed E-state index contributed by atoms with van der Waals surface area (Å²) < 4.78 is 48.9. The Bertz CT molecular complexity index is 609. The number of primary sulfonamides is 1. The molecule has 6 nitrogen and oxygen atoms in total. The highest BCUT2D eigenvalue weighted by atomic mass is 32.2. The van der Waals surface area contributed by atoms with Crippen LogP contribution in [0.1, 0.15) is 19.8 Å². The summed E-state index contributed by atoms with van der Waals surface area (Å²) in [5.41, 5.74) is 0. The maximum Gasteiger partial charge on any atom is 0.241 e. The molecule has 0 aliphatic rings. The standard InChI is InChI=1S/C10H16N2O4S2/c1-2-3-8-12-18(15,16)10-7-5-4-6-9(10)17(11,13)14/h4-7,12H,2-3,8H2,1H3,(H2,11,13,14). The summed E-state index contributed by atoms with van der Waals surface area (Å²) >= 11 is 0. The smallest absolute Gasteiger partial charge is 0.225 e. The normalized spacial score (nSPS) is 12.6. The molecule has 1 aromatic carbocycles. The average Bonchev–Trinajstić information content (AvgIpc) is 2.28. The first kappa shape index (κ1) is 15.1. The third-order valence-corrected chi connectivity index (χ3v) is 4.89. The van der Waals surface area contributed by atoms with E-state index in [0.29, 0.717) is 6.42 Å². The first-order valence-corrected chi connectivity index (χ1v) is 8.43. The molecule has 0 atom stereocenters. The van der Waals surface area contributed by atoms with Crippen molar-refractivity contribution < 1.29 is 16.8 Å². The zero-order chi connectivity index (χ0) is 13.8. The van der Waals surface area contributed by atoms with E-state index in [1.165, 1.54) is 24.3 Å². The summed E-state index contributed by atoms with van der Waals surface area (Å²) in [6, 6.07) is 5.26. The predicted octanol–water partition coefficient (Wildman–Crippen LogP) is 0.412. The molecule has 0 saturated carbocycles. The van der Waals surface area contributed by atoms with Crippen molar-refractivity contribution in [3.8, 4) is 0 Å². The van der Waals surface area contributed by atoms with Gasteiger partial charge in [0.1, 0.15) is 9.79 Å². The maximum atomic E-state index is 11.9. The third kappa shape index (κ3) is 3.77. The molecule has 0 fully saturated rings. The Hall–Kier alpha value is -0.960. The van der Waals surface area contributed by atoms with Crippen LogP contribution in [-0.4, -0.2) is 23.4 Å². The quantitative estimate of drug-likeness (QED) is 0.741. The number of benzene rings is 1. The Balaban J connectivity index is 3.18. The van der Waals surface area contributed by atoms with E-state index in [2.05, 4.69) is 4.72 Å². The van der Waals surface area contributed by atoms with E-state index in [1.807, 2.05) is 6.92 Å². The van der Waals surface area contributed by atoms with Gasteiger partial charge >= 0.3 is 0 Å². The molecular weight excluding hydrogens is 276 g/mol. The van der Waals surface area contributed by atoms with Gasteiger partial charge in [-0.05, 0) is 18.6 Å². The molecule has 1 aromatic rings. The molecule has 8 heteroatoms. The lowest BCUT2D eigenvalue weighted by molar-refractivity contribution is 0.571. The monoisotopic (exact) mass is 292 g/mol. The van der Waals surface area contributed by atoms with Crippen LogP contribution < -0.4 is 9.86 Å². The molecule has 0 heterocycles. The van der Waals surface area contributed by atoms with Crippen molar-refractivity contribution in [1.29, 1.82) is 0 Å². The molecule has 18 heavy (non-hydrogen) atoms. The number of hydrogen-bond donors (Lipinski definition) is 2. The van der Waals surface area contributed by atoms with Gasteiger partial charge < -0.3 is 0 Å². The maximum absolute atomic E-state index is 11.9. The summed E-state index contributed by atoms with van der Waals surface area (Å²) in [7, 11) is -7.92. The van der Waals surface area contributed by atoms with Crippen molar-refractivity contribution in [2.75, 3.05) is 6.54 Å². The van der Waals surface area contributed by atoms with Gasteiger partial charge in [-0.2, -0.15) is 0 Å². The Morgan fingerprint density at radius 1 is 1.11 bits per heavy atom. The number of sulfonamides is 2. The third-order valence-electron chi connectivity index (χ3n) is 2.27. The summed E-state index contributed by atoms with van der Waals surface area (Å²) in [4.78, 5) is -0.711. The molecule has 0 aliphatic heterocycles. The Kier molecular flexibility index (Phi) is 4.85. The number of unbranched alkanes of at least 4 members (excludes halogenated alkanes) is 1. The minimum absolute atomic E-state index is 0.262. The van der Waals surface area contributed by atoms with Crippen LogP contribution in [0.25, 0.3) is 0 Å². The zero-order valence-electron chi connectivity index (χ0n) is 9.96. The first-order chi connectivity index (χ1) is 8.29. The second-order valence-corrected chi connectivity index (χ2v) is 7.01. The van der Waals surface area contributed by atoms with Gasteiger partial charge in [-0.3, -0.25) is 0 Å². The highest BCUT2D eigenvalue weighted by Gasteiger charge is 2.23. The summed E-state index contributed by atoms with van der Waals surface area (Å²) in [5, 5.41) is 4.99. The van der Waals surface area contributed by atoms with Gasteiger partial charge in [0.25, 0.3) is 0 Å². The van der Waals surface area contributed by atoms with E-state index in [0.717, 1.165) is 6.42 Å². The second-order valence-electron chi connectivity index (χ2n) is 3.74. The van der Waals surface area contributed by atoms with Gasteiger partial charge in [0.2, 0.25) is 20.0 Å². The number of hydrogen-bond acceptors (Lipinski definition) is 4. The molecule has 1 rings (SSSR count). The molecule has 0 amide bonds. The second kappa shape index (κ2) is 5.79. The molecular formula is C10H16N2O4S2.